The molecule has 0 bridgehead atoms. The Balaban J connectivity index is 1.31. The van der Waals surface area contributed by atoms with E-state index in [2.05, 4.69) is 40.1 Å². The first-order valence-corrected chi connectivity index (χ1v) is 10.7. The Hall–Kier alpha value is -1.88. The number of hydrogen-bond acceptors (Lipinski definition) is 4. The molecule has 1 aromatic heterocycles. The average molecular weight is 379 g/mol. The number of furan rings is 1. The third-order valence-corrected chi connectivity index (χ3v) is 7.15. The van der Waals surface area contributed by atoms with Crippen molar-refractivity contribution >= 4 is 6.08 Å². The highest BCUT2D eigenvalue weighted by molar-refractivity contribution is 5.46. The Morgan fingerprint density at radius 2 is 1.82 bits per heavy atom. The van der Waals surface area contributed by atoms with Gasteiger partial charge in [0.05, 0.1) is 18.4 Å². The van der Waals surface area contributed by atoms with E-state index in [1.165, 1.54) is 24.0 Å². The summed E-state index contributed by atoms with van der Waals surface area (Å²) < 4.78 is 5.37. The van der Waals surface area contributed by atoms with Gasteiger partial charge in [-0.1, -0.05) is 30.3 Å². The summed E-state index contributed by atoms with van der Waals surface area (Å²) in [5.41, 5.74) is 2.71. The molecule has 148 valence electrons. The molecule has 4 heteroatoms. The Morgan fingerprint density at radius 1 is 1.04 bits per heavy atom. The van der Waals surface area contributed by atoms with Crippen molar-refractivity contribution in [2.75, 3.05) is 32.7 Å². The van der Waals surface area contributed by atoms with Crippen LogP contribution in [-0.4, -0.2) is 53.7 Å². The Labute approximate surface area is 167 Å². The van der Waals surface area contributed by atoms with Crippen LogP contribution in [0.3, 0.4) is 0 Å². The van der Waals surface area contributed by atoms with Crippen molar-refractivity contribution in [3.8, 4) is 0 Å². The van der Waals surface area contributed by atoms with Gasteiger partial charge in [-0.15, -0.1) is 0 Å². The summed E-state index contributed by atoms with van der Waals surface area (Å²) in [4.78, 5) is 5.01. The molecule has 2 aromatic rings. The highest BCUT2D eigenvalue weighted by atomic mass is 16.3. The predicted octanol–water partition coefficient (Wildman–Crippen LogP) is 3.84. The van der Waals surface area contributed by atoms with Crippen LogP contribution < -0.4 is 0 Å². The van der Waals surface area contributed by atoms with E-state index in [9.17, 15) is 5.11 Å². The number of aliphatic hydroxyl groups is 1. The maximum atomic E-state index is 11.5. The smallest absolute Gasteiger partial charge is 0.126 e. The standard InChI is InChI=1S/C24H30N2O2/c27-23-22(26-14-3-4-15-26)20-9-1-2-10-21(20)24(23)11-16-25(17-12-24)13-5-7-19-8-6-18-28-19/h1-2,5-10,18,22-23,27H,3-4,11-17H2/b7-5+/t22-,23+/m0/s1. The molecule has 4 nitrogen and oxygen atoms in total. The topological polar surface area (TPSA) is 39.9 Å². The molecule has 1 spiro atoms. The van der Waals surface area contributed by atoms with Crippen LogP contribution in [0.25, 0.3) is 6.08 Å². The monoisotopic (exact) mass is 378 g/mol. The summed E-state index contributed by atoms with van der Waals surface area (Å²) in [6.07, 6.45) is 10.2. The van der Waals surface area contributed by atoms with Gasteiger partial charge in [-0.3, -0.25) is 9.80 Å². The van der Waals surface area contributed by atoms with Crippen LogP contribution in [0.5, 0.6) is 0 Å². The van der Waals surface area contributed by atoms with E-state index in [-0.39, 0.29) is 17.6 Å². The van der Waals surface area contributed by atoms with Gasteiger partial charge in [0.1, 0.15) is 5.76 Å². The molecule has 1 aliphatic carbocycles. The molecule has 0 saturated carbocycles. The summed E-state index contributed by atoms with van der Waals surface area (Å²) in [5, 5.41) is 11.5. The average Bonchev–Trinajstić information content (AvgIpc) is 3.46. The molecule has 5 rings (SSSR count). The molecule has 3 heterocycles. The Kier molecular flexibility index (Phi) is 4.87. The molecule has 0 unspecified atom stereocenters. The molecule has 0 amide bonds. The molecule has 0 radical (unpaired) electrons. The van der Waals surface area contributed by atoms with Crippen LogP contribution in [0.2, 0.25) is 0 Å². The number of fused-ring (bicyclic) bond motifs is 2. The van der Waals surface area contributed by atoms with E-state index in [1.807, 2.05) is 18.2 Å². The second kappa shape index (κ2) is 7.51. The summed E-state index contributed by atoms with van der Waals surface area (Å²) in [6, 6.07) is 12.9. The molecule has 1 N–H and O–H groups in total. The van der Waals surface area contributed by atoms with Crippen LogP contribution in [0.15, 0.2) is 53.2 Å². The maximum absolute atomic E-state index is 11.5. The predicted molar refractivity (Wildman–Crippen MR) is 111 cm³/mol. The van der Waals surface area contributed by atoms with Crippen molar-refractivity contribution in [1.29, 1.82) is 0 Å². The summed E-state index contributed by atoms with van der Waals surface area (Å²) in [6.45, 7) is 5.23. The van der Waals surface area contributed by atoms with Crippen LogP contribution in [-0.2, 0) is 5.41 Å². The van der Waals surface area contributed by atoms with Gasteiger partial charge in [0, 0.05) is 12.0 Å². The van der Waals surface area contributed by atoms with E-state index in [0.29, 0.717) is 0 Å². The zero-order valence-electron chi connectivity index (χ0n) is 16.5. The van der Waals surface area contributed by atoms with Gasteiger partial charge in [-0.2, -0.15) is 0 Å². The molecule has 2 saturated heterocycles. The maximum Gasteiger partial charge on any atom is 0.126 e. The first-order valence-electron chi connectivity index (χ1n) is 10.7. The molecular formula is C24H30N2O2. The van der Waals surface area contributed by atoms with Crippen molar-refractivity contribution in [3.05, 3.63) is 65.6 Å². The number of hydrogen-bond donors (Lipinski definition) is 1. The molecule has 2 fully saturated rings. The van der Waals surface area contributed by atoms with E-state index in [0.717, 1.165) is 51.3 Å². The largest absolute Gasteiger partial charge is 0.465 e. The number of piperidine rings is 1. The van der Waals surface area contributed by atoms with Crippen molar-refractivity contribution in [2.45, 2.75) is 43.2 Å². The normalized spacial score (nSPS) is 27.8. The van der Waals surface area contributed by atoms with Crippen molar-refractivity contribution in [2.24, 2.45) is 0 Å². The highest BCUT2D eigenvalue weighted by Gasteiger charge is 2.54. The summed E-state index contributed by atoms with van der Waals surface area (Å²) in [5.74, 6) is 0.905. The first kappa shape index (κ1) is 18.2. The molecule has 1 aromatic carbocycles. The first-order chi connectivity index (χ1) is 13.8. The fourth-order valence-corrected chi connectivity index (χ4v) is 5.66. The van der Waals surface area contributed by atoms with Gasteiger partial charge < -0.3 is 9.52 Å². The van der Waals surface area contributed by atoms with Gasteiger partial charge >= 0.3 is 0 Å². The van der Waals surface area contributed by atoms with Crippen molar-refractivity contribution in [3.63, 3.8) is 0 Å². The van der Waals surface area contributed by atoms with Crippen LogP contribution in [0.1, 0.15) is 48.6 Å². The molecule has 2 aliphatic heterocycles. The molecule has 28 heavy (non-hydrogen) atoms. The molecular weight excluding hydrogens is 348 g/mol. The van der Waals surface area contributed by atoms with Gasteiger partial charge in [0.25, 0.3) is 0 Å². The van der Waals surface area contributed by atoms with E-state index in [1.54, 1.807) is 6.26 Å². The summed E-state index contributed by atoms with van der Waals surface area (Å²) >= 11 is 0. The lowest BCUT2D eigenvalue weighted by Gasteiger charge is -2.43. The van der Waals surface area contributed by atoms with Gasteiger partial charge in [-0.25, -0.2) is 0 Å². The van der Waals surface area contributed by atoms with Crippen molar-refractivity contribution < 1.29 is 9.52 Å². The second-order valence-corrected chi connectivity index (χ2v) is 8.59. The third kappa shape index (κ3) is 3.04. The fourth-order valence-electron chi connectivity index (χ4n) is 5.66. The third-order valence-electron chi connectivity index (χ3n) is 7.15. The molecule has 3 aliphatic rings. The van der Waals surface area contributed by atoms with Crippen molar-refractivity contribution in [1.82, 2.24) is 9.80 Å². The number of nitrogens with zero attached hydrogens (tertiary/aromatic N) is 2. The fraction of sp³-hybridized carbons (Fsp3) is 0.500. The van der Waals surface area contributed by atoms with Gasteiger partial charge in [0.2, 0.25) is 0 Å². The quantitative estimate of drug-likeness (QED) is 0.878. The molecule has 2 atom stereocenters. The number of rotatable bonds is 4. The second-order valence-electron chi connectivity index (χ2n) is 8.59. The van der Waals surface area contributed by atoms with Gasteiger partial charge in [-0.05, 0) is 81.2 Å². The van der Waals surface area contributed by atoms with Gasteiger partial charge in [0.15, 0.2) is 0 Å². The minimum absolute atomic E-state index is 0.0783. The lowest BCUT2D eigenvalue weighted by molar-refractivity contribution is -0.00795. The van der Waals surface area contributed by atoms with Crippen LogP contribution >= 0.6 is 0 Å². The number of benzene rings is 1. The van der Waals surface area contributed by atoms with Crippen LogP contribution in [0, 0.1) is 0 Å². The zero-order valence-corrected chi connectivity index (χ0v) is 16.5. The minimum Gasteiger partial charge on any atom is -0.465 e. The highest BCUT2D eigenvalue weighted by Crippen LogP contribution is 2.53. The van der Waals surface area contributed by atoms with E-state index >= 15 is 0 Å². The SMILES string of the molecule is O[C@@H]1[C@@H](N2CCCC2)c2ccccc2C12CCN(C/C=C/c1ccco1)CC2. The Bertz CT molecular complexity index is 815. The Morgan fingerprint density at radius 3 is 2.57 bits per heavy atom. The summed E-state index contributed by atoms with van der Waals surface area (Å²) in [7, 11) is 0. The lowest BCUT2D eigenvalue weighted by Crippen LogP contribution is -2.49. The van der Waals surface area contributed by atoms with E-state index < -0.39 is 0 Å². The number of aliphatic hydroxyl groups excluding tert-OH is 1. The zero-order chi connectivity index (χ0) is 19.0. The van der Waals surface area contributed by atoms with Crippen LogP contribution in [0.4, 0.5) is 0 Å². The lowest BCUT2D eigenvalue weighted by atomic mass is 9.72. The minimum atomic E-state index is -0.288. The van der Waals surface area contributed by atoms with E-state index in [4.69, 9.17) is 4.42 Å². The number of likely N-dealkylation sites (tertiary alicyclic amines) is 2.